The van der Waals surface area contributed by atoms with E-state index in [9.17, 15) is 4.79 Å². The SMILES string of the molecule is CC(C)[C@@H](CC(=O)O)[C@@H](C)C(C)C. The second-order valence-electron chi connectivity index (χ2n) is 4.61. The third-order valence-corrected chi connectivity index (χ3v) is 2.99. The molecule has 1 N–H and O–H groups in total. The number of hydrogen-bond acceptors (Lipinski definition) is 1. The zero-order valence-electron chi connectivity index (χ0n) is 9.37. The van der Waals surface area contributed by atoms with Crippen molar-refractivity contribution in [2.45, 2.75) is 41.0 Å². The zero-order chi connectivity index (χ0) is 10.6. The van der Waals surface area contributed by atoms with Crippen LogP contribution in [0.1, 0.15) is 41.0 Å². The molecule has 0 aromatic rings. The Bertz CT molecular complexity index is 161. The first-order chi connectivity index (χ1) is 5.86. The van der Waals surface area contributed by atoms with Crippen LogP contribution < -0.4 is 0 Å². The van der Waals surface area contributed by atoms with E-state index in [1.807, 2.05) is 0 Å². The van der Waals surface area contributed by atoms with Crippen LogP contribution in [0.3, 0.4) is 0 Å². The van der Waals surface area contributed by atoms with Crippen LogP contribution >= 0.6 is 0 Å². The minimum atomic E-state index is -0.675. The van der Waals surface area contributed by atoms with Gasteiger partial charge in [0, 0.05) is 6.42 Å². The fraction of sp³-hybridized carbons (Fsp3) is 0.909. The molecule has 0 aromatic carbocycles. The van der Waals surface area contributed by atoms with Crippen molar-refractivity contribution >= 4 is 5.97 Å². The third-order valence-electron chi connectivity index (χ3n) is 2.99. The molecule has 0 rings (SSSR count). The van der Waals surface area contributed by atoms with Crippen molar-refractivity contribution in [3.05, 3.63) is 0 Å². The van der Waals surface area contributed by atoms with E-state index >= 15 is 0 Å². The second kappa shape index (κ2) is 5.25. The number of carboxylic acids is 1. The molecular weight excluding hydrogens is 164 g/mol. The number of carbonyl (C=O) groups is 1. The lowest BCUT2D eigenvalue weighted by molar-refractivity contribution is -0.139. The summed E-state index contributed by atoms with van der Waals surface area (Å²) in [6, 6.07) is 0. The summed E-state index contributed by atoms with van der Waals surface area (Å²) >= 11 is 0. The van der Waals surface area contributed by atoms with E-state index in [1.165, 1.54) is 0 Å². The van der Waals surface area contributed by atoms with Crippen molar-refractivity contribution in [2.24, 2.45) is 23.7 Å². The lowest BCUT2D eigenvalue weighted by atomic mass is 9.77. The summed E-state index contributed by atoms with van der Waals surface area (Å²) in [5.74, 6) is 1.13. The molecular formula is C11H22O2. The summed E-state index contributed by atoms with van der Waals surface area (Å²) in [7, 11) is 0. The Morgan fingerprint density at radius 2 is 1.54 bits per heavy atom. The van der Waals surface area contributed by atoms with Gasteiger partial charge in [0.25, 0.3) is 0 Å². The summed E-state index contributed by atoms with van der Waals surface area (Å²) in [4.78, 5) is 10.6. The maximum Gasteiger partial charge on any atom is 0.303 e. The highest BCUT2D eigenvalue weighted by atomic mass is 16.4. The van der Waals surface area contributed by atoms with Crippen LogP contribution in [0, 0.1) is 23.7 Å². The monoisotopic (exact) mass is 186 g/mol. The minimum Gasteiger partial charge on any atom is -0.481 e. The van der Waals surface area contributed by atoms with Gasteiger partial charge in [0.2, 0.25) is 0 Å². The highest BCUT2D eigenvalue weighted by molar-refractivity contribution is 5.67. The fourth-order valence-electron chi connectivity index (χ4n) is 1.72. The largest absolute Gasteiger partial charge is 0.481 e. The maximum absolute atomic E-state index is 10.6. The van der Waals surface area contributed by atoms with E-state index in [-0.39, 0.29) is 0 Å². The number of carboxylic acid groups (broad SMARTS) is 1. The van der Waals surface area contributed by atoms with Crippen LogP contribution in [0.15, 0.2) is 0 Å². The lowest BCUT2D eigenvalue weighted by Gasteiger charge is -2.28. The molecule has 0 radical (unpaired) electrons. The summed E-state index contributed by atoms with van der Waals surface area (Å²) in [6.45, 7) is 10.7. The molecule has 0 bridgehead atoms. The summed E-state index contributed by atoms with van der Waals surface area (Å²) < 4.78 is 0. The van der Waals surface area contributed by atoms with E-state index < -0.39 is 5.97 Å². The molecule has 0 aliphatic heterocycles. The standard InChI is InChI=1S/C11H22O2/c1-7(2)9(5)10(8(3)4)6-11(12)13/h7-10H,6H2,1-5H3,(H,12,13)/t9-,10+/m0/s1. The Hall–Kier alpha value is -0.530. The minimum absolute atomic E-state index is 0.303. The molecule has 0 amide bonds. The van der Waals surface area contributed by atoms with Crippen molar-refractivity contribution in [2.75, 3.05) is 0 Å². The van der Waals surface area contributed by atoms with Gasteiger partial charge in [-0.2, -0.15) is 0 Å². The molecule has 0 fully saturated rings. The van der Waals surface area contributed by atoms with Crippen molar-refractivity contribution in [3.63, 3.8) is 0 Å². The van der Waals surface area contributed by atoms with Gasteiger partial charge >= 0.3 is 5.97 Å². The van der Waals surface area contributed by atoms with Crippen molar-refractivity contribution in [3.8, 4) is 0 Å². The Kier molecular flexibility index (Phi) is 5.04. The van der Waals surface area contributed by atoms with Gasteiger partial charge in [-0.05, 0) is 23.7 Å². The Balaban J connectivity index is 4.32. The average Bonchev–Trinajstić information content (AvgIpc) is 1.97. The van der Waals surface area contributed by atoms with Crippen LogP contribution in [0.5, 0.6) is 0 Å². The number of hydrogen-bond donors (Lipinski definition) is 1. The Morgan fingerprint density at radius 1 is 1.08 bits per heavy atom. The quantitative estimate of drug-likeness (QED) is 0.716. The predicted octanol–water partition coefficient (Wildman–Crippen LogP) is 3.03. The highest BCUT2D eigenvalue weighted by Crippen LogP contribution is 2.29. The molecule has 2 atom stereocenters. The normalized spacial score (nSPS) is 16.2. The Morgan fingerprint density at radius 3 is 1.77 bits per heavy atom. The molecule has 13 heavy (non-hydrogen) atoms. The van der Waals surface area contributed by atoms with Gasteiger partial charge in [0.05, 0.1) is 0 Å². The molecule has 0 saturated heterocycles. The van der Waals surface area contributed by atoms with Gasteiger partial charge in [-0.15, -0.1) is 0 Å². The first-order valence-corrected chi connectivity index (χ1v) is 5.08. The van der Waals surface area contributed by atoms with Crippen LogP contribution in [-0.4, -0.2) is 11.1 Å². The number of aliphatic carboxylic acids is 1. The van der Waals surface area contributed by atoms with E-state index in [4.69, 9.17) is 5.11 Å². The van der Waals surface area contributed by atoms with Crippen molar-refractivity contribution in [1.82, 2.24) is 0 Å². The van der Waals surface area contributed by atoms with E-state index in [0.29, 0.717) is 30.1 Å². The average molecular weight is 186 g/mol. The maximum atomic E-state index is 10.6. The van der Waals surface area contributed by atoms with Gasteiger partial charge in [0.1, 0.15) is 0 Å². The van der Waals surface area contributed by atoms with Crippen molar-refractivity contribution in [1.29, 1.82) is 0 Å². The van der Waals surface area contributed by atoms with Crippen LogP contribution in [0.2, 0.25) is 0 Å². The van der Waals surface area contributed by atoms with Gasteiger partial charge in [0.15, 0.2) is 0 Å². The van der Waals surface area contributed by atoms with Gasteiger partial charge in [-0.3, -0.25) is 4.79 Å². The molecule has 0 aromatic heterocycles. The highest BCUT2D eigenvalue weighted by Gasteiger charge is 2.25. The molecule has 2 heteroatoms. The van der Waals surface area contributed by atoms with E-state index in [1.54, 1.807) is 0 Å². The molecule has 0 spiro atoms. The summed E-state index contributed by atoms with van der Waals surface area (Å²) in [5.41, 5.74) is 0. The van der Waals surface area contributed by atoms with Crippen LogP contribution in [-0.2, 0) is 4.79 Å². The van der Waals surface area contributed by atoms with Gasteiger partial charge in [-0.25, -0.2) is 0 Å². The van der Waals surface area contributed by atoms with E-state index in [0.717, 1.165) is 0 Å². The predicted molar refractivity (Wildman–Crippen MR) is 54.6 cm³/mol. The molecule has 2 nitrogen and oxygen atoms in total. The second-order valence-corrected chi connectivity index (χ2v) is 4.61. The smallest absolute Gasteiger partial charge is 0.303 e. The summed E-state index contributed by atoms with van der Waals surface area (Å²) in [5, 5.41) is 8.76. The third kappa shape index (κ3) is 4.30. The fourth-order valence-corrected chi connectivity index (χ4v) is 1.72. The molecule has 0 heterocycles. The molecule has 0 unspecified atom stereocenters. The Labute approximate surface area is 81.3 Å². The van der Waals surface area contributed by atoms with Gasteiger partial charge < -0.3 is 5.11 Å². The first kappa shape index (κ1) is 12.5. The molecule has 0 aliphatic carbocycles. The zero-order valence-corrected chi connectivity index (χ0v) is 9.37. The summed E-state index contributed by atoms with van der Waals surface area (Å²) in [6.07, 6.45) is 0.303. The van der Waals surface area contributed by atoms with Crippen molar-refractivity contribution < 1.29 is 9.90 Å². The number of rotatable bonds is 5. The van der Waals surface area contributed by atoms with Gasteiger partial charge in [-0.1, -0.05) is 34.6 Å². The molecule has 78 valence electrons. The topological polar surface area (TPSA) is 37.3 Å². The molecule has 0 aliphatic rings. The van der Waals surface area contributed by atoms with Crippen LogP contribution in [0.25, 0.3) is 0 Å². The van der Waals surface area contributed by atoms with Crippen LogP contribution in [0.4, 0.5) is 0 Å². The molecule has 0 saturated carbocycles. The van der Waals surface area contributed by atoms with E-state index in [2.05, 4.69) is 34.6 Å². The lowest BCUT2D eigenvalue weighted by Crippen LogP contribution is -2.24. The first-order valence-electron chi connectivity index (χ1n) is 5.08.